The summed E-state index contributed by atoms with van der Waals surface area (Å²) in [5, 5.41) is 8.60. The highest BCUT2D eigenvalue weighted by molar-refractivity contribution is 5.66. The summed E-state index contributed by atoms with van der Waals surface area (Å²) in [5.41, 5.74) is 0. The molecule has 74 valence electrons. The predicted octanol–water partition coefficient (Wildman–Crippen LogP) is 1.19. The van der Waals surface area contributed by atoms with Gasteiger partial charge in [-0.05, 0) is 44.2 Å². The molecular formula is C10H17NO2. The van der Waals surface area contributed by atoms with Crippen molar-refractivity contribution >= 4 is 5.97 Å². The van der Waals surface area contributed by atoms with E-state index in [1.165, 1.54) is 25.9 Å². The Morgan fingerprint density at radius 2 is 2.08 bits per heavy atom. The first-order chi connectivity index (χ1) is 6.25. The van der Waals surface area contributed by atoms with Crippen LogP contribution in [0.5, 0.6) is 0 Å². The van der Waals surface area contributed by atoms with E-state index >= 15 is 0 Å². The molecule has 0 saturated carbocycles. The molecule has 3 heterocycles. The highest BCUT2D eigenvalue weighted by Crippen LogP contribution is 2.34. The molecule has 0 aromatic carbocycles. The number of carbonyl (C=O) groups is 1. The van der Waals surface area contributed by atoms with Crippen molar-refractivity contribution in [1.29, 1.82) is 0 Å². The number of carboxylic acids is 1. The molecule has 2 bridgehead atoms. The van der Waals surface area contributed by atoms with Crippen LogP contribution in [0.1, 0.15) is 25.7 Å². The largest absolute Gasteiger partial charge is 0.481 e. The molecule has 0 amide bonds. The van der Waals surface area contributed by atoms with Crippen LogP contribution in [0.2, 0.25) is 0 Å². The molecule has 3 rings (SSSR count). The third-order valence-electron chi connectivity index (χ3n) is 3.52. The molecule has 3 aliphatic rings. The Balaban J connectivity index is 1.83. The molecule has 0 spiro atoms. The Morgan fingerprint density at radius 1 is 1.38 bits per heavy atom. The number of hydrogen-bond acceptors (Lipinski definition) is 2. The van der Waals surface area contributed by atoms with Crippen molar-refractivity contribution in [3.8, 4) is 0 Å². The number of hydrogen-bond donors (Lipinski definition) is 1. The van der Waals surface area contributed by atoms with E-state index in [-0.39, 0.29) is 0 Å². The third-order valence-corrected chi connectivity index (χ3v) is 3.52. The average molecular weight is 183 g/mol. The van der Waals surface area contributed by atoms with Gasteiger partial charge >= 0.3 is 5.97 Å². The van der Waals surface area contributed by atoms with Gasteiger partial charge in [0.05, 0.1) is 0 Å². The van der Waals surface area contributed by atoms with Gasteiger partial charge in [0, 0.05) is 13.0 Å². The van der Waals surface area contributed by atoms with Gasteiger partial charge in [0.2, 0.25) is 0 Å². The molecule has 0 aromatic rings. The van der Waals surface area contributed by atoms with Gasteiger partial charge in [-0.25, -0.2) is 0 Å². The molecule has 13 heavy (non-hydrogen) atoms. The lowest BCUT2D eigenvalue weighted by Gasteiger charge is -2.44. The van der Waals surface area contributed by atoms with Crippen molar-refractivity contribution in [3.63, 3.8) is 0 Å². The lowest BCUT2D eigenvalue weighted by Crippen LogP contribution is -2.47. The van der Waals surface area contributed by atoms with Crippen LogP contribution in [-0.2, 0) is 4.79 Å². The van der Waals surface area contributed by atoms with Crippen LogP contribution in [0.25, 0.3) is 0 Å². The highest BCUT2D eigenvalue weighted by atomic mass is 16.4. The first-order valence-electron chi connectivity index (χ1n) is 5.20. The standard InChI is InChI=1S/C10H17NO2/c12-10(13)2-1-9-7-11-5-3-8(9)4-6-11/h8-9H,1-7H2,(H,12,13). The lowest BCUT2D eigenvalue weighted by atomic mass is 9.77. The normalized spacial score (nSPS) is 37.7. The summed E-state index contributed by atoms with van der Waals surface area (Å²) in [6.45, 7) is 3.64. The molecule has 1 atom stereocenters. The third kappa shape index (κ3) is 2.02. The van der Waals surface area contributed by atoms with Gasteiger partial charge in [0.1, 0.15) is 0 Å². The minimum absolute atomic E-state index is 0.356. The van der Waals surface area contributed by atoms with Crippen LogP contribution in [0.15, 0.2) is 0 Å². The number of aliphatic carboxylic acids is 1. The van der Waals surface area contributed by atoms with Gasteiger partial charge in [-0.2, -0.15) is 0 Å². The number of rotatable bonds is 3. The Labute approximate surface area is 78.7 Å². The van der Waals surface area contributed by atoms with Crippen LogP contribution >= 0.6 is 0 Å². The summed E-state index contributed by atoms with van der Waals surface area (Å²) in [4.78, 5) is 12.9. The molecule has 1 N–H and O–H groups in total. The first-order valence-corrected chi connectivity index (χ1v) is 5.20. The number of nitrogens with zero attached hydrogens (tertiary/aromatic N) is 1. The van der Waals surface area contributed by atoms with Gasteiger partial charge in [-0.15, -0.1) is 0 Å². The monoisotopic (exact) mass is 183 g/mol. The molecule has 3 heteroatoms. The Bertz CT molecular complexity index is 197. The van der Waals surface area contributed by atoms with Crippen molar-refractivity contribution in [3.05, 3.63) is 0 Å². The Morgan fingerprint density at radius 3 is 2.54 bits per heavy atom. The summed E-state index contributed by atoms with van der Waals surface area (Å²) in [6, 6.07) is 0. The van der Waals surface area contributed by atoms with Gasteiger partial charge in [0.15, 0.2) is 0 Å². The number of piperidine rings is 3. The zero-order valence-corrected chi connectivity index (χ0v) is 7.91. The van der Waals surface area contributed by atoms with Crippen molar-refractivity contribution in [2.24, 2.45) is 11.8 Å². The predicted molar refractivity (Wildman–Crippen MR) is 49.5 cm³/mol. The summed E-state index contributed by atoms with van der Waals surface area (Å²) < 4.78 is 0. The Kier molecular flexibility index (Phi) is 2.54. The molecule has 3 nitrogen and oxygen atoms in total. The van der Waals surface area contributed by atoms with E-state index < -0.39 is 5.97 Å². The zero-order valence-electron chi connectivity index (χ0n) is 7.91. The summed E-state index contributed by atoms with van der Waals surface area (Å²) >= 11 is 0. The van der Waals surface area contributed by atoms with E-state index in [1.54, 1.807) is 0 Å². The van der Waals surface area contributed by atoms with Crippen molar-refractivity contribution in [1.82, 2.24) is 4.90 Å². The second kappa shape index (κ2) is 3.66. The minimum atomic E-state index is -0.642. The molecule has 3 aliphatic heterocycles. The van der Waals surface area contributed by atoms with Crippen LogP contribution in [0.3, 0.4) is 0 Å². The van der Waals surface area contributed by atoms with Gasteiger partial charge in [-0.1, -0.05) is 0 Å². The van der Waals surface area contributed by atoms with E-state index in [0.717, 1.165) is 18.9 Å². The van der Waals surface area contributed by atoms with Crippen molar-refractivity contribution < 1.29 is 9.90 Å². The molecular weight excluding hydrogens is 166 g/mol. The maximum Gasteiger partial charge on any atom is 0.303 e. The maximum absolute atomic E-state index is 10.4. The second-order valence-corrected chi connectivity index (χ2v) is 4.33. The van der Waals surface area contributed by atoms with Gasteiger partial charge < -0.3 is 10.0 Å². The summed E-state index contributed by atoms with van der Waals surface area (Å²) in [5.74, 6) is 0.847. The van der Waals surface area contributed by atoms with Gasteiger partial charge in [0.25, 0.3) is 0 Å². The van der Waals surface area contributed by atoms with E-state index in [9.17, 15) is 4.79 Å². The van der Waals surface area contributed by atoms with Crippen LogP contribution in [-0.4, -0.2) is 35.6 Å². The molecule has 0 radical (unpaired) electrons. The van der Waals surface area contributed by atoms with Crippen LogP contribution < -0.4 is 0 Å². The van der Waals surface area contributed by atoms with E-state index in [0.29, 0.717) is 12.3 Å². The fraction of sp³-hybridized carbons (Fsp3) is 0.900. The van der Waals surface area contributed by atoms with E-state index in [2.05, 4.69) is 4.90 Å². The molecule has 0 aromatic heterocycles. The fourth-order valence-electron chi connectivity index (χ4n) is 2.72. The second-order valence-electron chi connectivity index (χ2n) is 4.33. The van der Waals surface area contributed by atoms with Crippen molar-refractivity contribution in [2.75, 3.05) is 19.6 Å². The first kappa shape index (κ1) is 9.00. The van der Waals surface area contributed by atoms with Gasteiger partial charge in [-0.3, -0.25) is 4.79 Å². The van der Waals surface area contributed by atoms with E-state index in [4.69, 9.17) is 5.11 Å². The average Bonchev–Trinajstić information content (AvgIpc) is 2.17. The quantitative estimate of drug-likeness (QED) is 0.714. The lowest BCUT2D eigenvalue weighted by molar-refractivity contribution is -0.137. The van der Waals surface area contributed by atoms with Crippen molar-refractivity contribution in [2.45, 2.75) is 25.7 Å². The summed E-state index contributed by atoms with van der Waals surface area (Å²) in [6.07, 6.45) is 3.83. The van der Waals surface area contributed by atoms with Crippen LogP contribution in [0.4, 0.5) is 0 Å². The highest BCUT2D eigenvalue weighted by Gasteiger charge is 2.33. The SMILES string of the molecule is O=C(O)CCC1CN2CCC1CC2. The smallest absolute Gasteiger partial charge is 0.303 e. The number of fused-ring (bicyclic) bond motifs is 3. The molecule has 1 unspecified atom stereocenters. The number of carboxylic acid groups (broad SMARTS) is 1. The minimum Gasteiger partial charge on any atom is -0.481 e. The fourth-order valence-corrected chi connectivity index (χ4v) is 2.72. The topological polar surface area (TPSA) is 40.5 Å². The summed E-state index contributed by atoms with van der Waals surface area (Å²) in [7, 11) is 0. The van der Waals surface area contributed by atoms with E-state index in [1.807, 2.05) is 0 Å². The molecule has 3 saturated heterocycles. The zero-order chi connectivity index (χ0) is 9.26. The molecule has 3 fully saturated rings. The maximum atomic E-state index is 10.4. The molecule has 0 aliphatic carbocycles. The van der Waals surface area contributed by atoms with Crippen LogP contribution in [0, 0.1) is 11.8 Å². The Hall–Kier alpha value is -0.570.